The molecule has 0 radical (unpaired) electrons. The van der Waals surface area contributed by atoms with Crippen LogP contribution in [0.1, 0.15) is 44.7 Å². The Morgan fingerprint density at radius 1 is 1.39 bits per heavy atom. The predicted molar refractivity (Wildman–Crippen MR) is 106 cm³/mol. The molecule has 9 heteroatoms. The van der Waals surface area contributed by atoms with E-state index in [2.05, 4.69) is 20.9 Å². The SMILES string of the molecule is CC(C)c1ccc(NS(=O)(=O)c2cnn(CC(C)(C)O)c2)c2[nH]cc(C#N)c12. The van der Waals surface area contributed by atoms with Crippen LogP contribution in [-0.2, 0) is 16.6 Å². The molecule has 0 atom stereocenters. The van der Waals surface area contributed by atoms with Crippen molar-refractivity contribution >= 4 is 26.6 Å². The minimum absolute atomic E-state index is 0.00935. The highest BCUT2D eigenvalue weighted by atomic mass is 32.2. The number of fused-ring (bicyclic) bond motifs is 1. The molecule has 3 rings (SSSR count). The molecule has 0 unspecified atom stereocenters. The van der Waals surface area contributed by atoms with Gasteiger partial charge in [0, 0.05) is 17.8 Å². The molecule has 2 heterocycles. The lowest BCUT2D eigenvalue weighted by Crippen LogP contribution is -2.26. The molecule has 0 aliphatic carbocycles. The molecule has 0 spiro atoms. The largest absolute Gasteiger partial charge is 0.389 e. The summed E-state index contributed by atoms with van der Waals surface area (Å²) in [5.41, 5.74) is 1.34. The molecule has 0 saturated heterocycles. The Labute approximate surface area is 163 Å². The molecule has 2 aromatic heterocycles. The van der Waals surface area contributed by atoms with Gasteiger partial charge in [-0.2, -0.15) is 10.4 Å². The Morgan fingerprint density at radius 2 is 2.11 bits per heavy atom. The average Bonchev–Trinajstić information content (AvgIpc) is 3.20. The lowest BCUT2D eigenvalue weighted by Gasteiger charge is -2.16. The number of aromatic amines is 1. The molecular weight excluding hydrogens is 378 g/mol. The Morgan fingerprint density at radius 3 is 2.71 bits per heavy atom. The first-order valence-corrected chi connectivity index (χ1v) is 10.3. The van der Waals surface area contributed by atoms with Crippen LogP contribution in [0, 0.1) is 11.3 Å². The van der Waals surface area contributed by atoms with Crippen LogP contribution in [0.4, 0.5) is 5.69 Å². The van der Waals surface area contributed by atoms with Gasteiger partial charge in [-0.25, -0.2) is 8.42 Å². The lowest BCUT2D eigenvalue weighted by molar-refractivity contribution is 0.0577. The van der Waals surface area contributed by atoms with Gasteiger partial charge in [0.05, 0.1) is 35.1 Å². The molecule has 148 valence electrons. The van der Waals surface area contributed by atoms with Gasteiger partial charge in [0.1, 0.15) is 11.0 Å². The van der Waals surface area contributed by atoms with Crippen LogP contribution in [0.2, 0.25) is 0 Å². The summed E-state index contributed by atoms with van der Waals surface area (Å²) in [6.07, 6.45) is 4.19. The van der Waals surface area contributed by atoms with E-state index in [-0.39, 0.29) is 17.4 Å². The van der Waals surface area contributed by atoms with Crippen molar-refractivity contribution in [1.29, 1.82) is 5.26 Å². The summed E-state index contributed by atoms with van der Waals surface area (Å²) in [4.78, 5) is 3.00. The smallest absolute Gasteiger partial charge is 0.265 e. The number of hydrogen-bond acceptors (Lipinski definition) is 5. The van der Waals surface area contributed by atoms with Gasteiger partial charge in [-0.1, -0.05) is 19.9 Å². The maximum Gasteiger partial charge on any atom is 0.265 e. The van der Waals surface area contributed by atoms with Crippen LogP contribution in [0.25, 0.3) is 10.9 Å². The zero-order valence-corrected chi connectivity index (χ0v) is 17.0. The Kier molecular flexibility index (Phi) is 4.95. The predicted octanol–water partition coefficient (Wildman–Crippen LogP) is 2.93. The fourth-order valence-corrected chi connectivity index (χ4v) is 4.12. The van der Waals surface area contributed by atoms with Crippen LogP contribution >= 0.6 is 0 Å². The van der Waals surface area contributed by atoms with Gasteiger partial charge in [0.25, 0.3) is 10.0 Å². The van der Waals surface area contributed by atoms with E-state index in [1.165, 1.54) is 17.1 Å². The number of anilines is 1. The molecule has 0 aliphatic heterocycles. The van der Waals surface area contributed by atoms with E-state index < -0.39 is 15.6 Å². The van der Waals surface area contributed by atoms with Crippen molar-refractivity contribution in [3.8, 4) is 6.07 Å². The molecular formula is C19H23N5O3S. The van der Waals surface area contributed by atoms with Crippen molar-refractivity contribution in [1.82, 2.24) is 14.8 Å². The molecule has 0 saturated carbocycles. The fourth-order valence-electron chi connectivity index (χ4n) is 3.10. The standard InChI is InChI=1S/C19H23N5O3S/c1-12(2)15-5-6-16(18-17(15)13(7-20)8-21-18)23-28(26,27)14-9-22-24(10-14)11-19(3,4)25/h5-6,8-10,12,21,23,25H,11H2,1-4H3. The van der Waals surface area contributed by atoms with Gasteiger partial charge < -0.3 is 10.1 Å². The number of H-pyrrole nitrogens is 1. The minimum atomic E-state index is -3.89. The number of hydrogen-bond donors (Lipinski definition) is 3. The molecule has 0 bridgehead atoms. The number of nitrogens with zero attached hydrogens (tertiary/aromatic N) is 3. The molecule has 8 nitrogen and oxygen atoms in total. The third-order valence-corrected chi connectivity index (χ3v) is 5.64. The van der Waals surface area contributed by atoms with Gasteiger partial charge in [0.2, 0.25) is 0 Å². The first kappa shape index (κ1) is 19.9. The van der Waals surface area contributed by atoms with Gasteiger partial charge in [-0.05, 0) is 31.4 Å². The van der Waals surface area contributed by atoms with Gasteiger partial charge in [-0.3, -0.25) is 9.40 Å². The molecule has 0 aliphatic rings. The zero-order chi connectivity index (χ0) is 20.7. The number of rotatable bonds is 6. The Hall–Kier alpha value is -2.83. The van der Waals surface area contributed by atoms with Crippen LogP contribution < -0.4 is 4.72 Å². The quantitative estimate of drug-likeness (QED) is 0.586. The average molecular weight is 401 g/mol. The van der Waals surface area contributed by atoms with Gasteiger partial charge in [-0.15, -0.1) is 0 Å². The summed E-state index contributed by atoms with van der Waals surface area (Å²) < 4.78 is 29.6. The minimum Gasteiger partial charge on any atom is -0.389 e. The summed E-state index contributed by atoms with van der Waals surface area (Å²) in [5.74, 6) is 0.177. The lowest BCUT2D eigenvalue weighted by atomic mass is 9.96. The Bertz CT molecular complexity index is 1160. The van der Waals surface area contributed by atoms with Crippen molar-refractivity contribution < 1.29 is 13.5 Å². The van der Waals surface area contributed by atoms with Crippen LogP contribution in [-0.4, -0.2) is 33.9 Å². The third-order valence-electron chi connectivity index (χ3n) is 4.32. The second-order valence-electron chi connectivity index (χ2n) is 7.71. The fraction of sp³-hybridized carbons (Fsp3) is 0.368. The van der Waals surface area contributed by atoms with E-state index in [0.717, 1.165) is 10.9 Å². The summed E-state index contributed by atoms with van der Waals surface area (Å²) in [7, 11) is -3.89. The van der Waals surface area contributed by atoms with Crippen LogP contribution in [0.5, 0.6) is 0 Å². The number of nitrogens with one attached hydrogen (secondary N) is 2. The summed E-state index contributed by atoms with van der Waals surface area (Å²) in [5, 5.41) is 24.0. The molecule has 3 aromatic rings. The molecule has 0 fully saturated rings. The number of sulfonamides is 1. The van der Waals surface area contributed by atoms with Crippen LogP contribution in [0.3, 0.4) is 0 Å². The maximum atomic E-state index is 12.8. The summed E-state index contributed by atoms with van der Waals surface area (Å²) >= 11 is 0. The molecule has 0 amide bonds. The maximum absolute atomic E-state index is 12.8. The van der Waals surface area contributed by atoms with E-state index in [4.69, 9.17) is 0 Å². The molecule has 1 aromatic carbocycles. The van der Waals surface area contributed by atoms with E-state index in [9.17, 15) is 18.8 Å². The topological polar surface area (TPSA) is 124 Å². The second kappa shape index (κ2) is 6.96. The monoisotopic (exact) mass is 401 g/mol. The van der Waals surface area contributed by atoms with E-state index in [1.807, 2.05) is 19.9 Å². The second-order valence-corrected chi connectivity index (χ2v) is 9.40. The first-order valence-electron chi connectivity index (χ1n) is 8.83. The number of aliphatic hydroxyl groups is 1. The number of benzene rings is 1. The highest BCUT2D eigenvalue weighted by Crippen LogP contribution is 2.33. The van der Waals surface area contributed by atoms with Crippen molar-refractivity contribution in [3.63, 3.8) is 0 Å². The summed E-state index contributed by atoms with van der Waals surface area (Å²) in [6.45, 7) is 7.43. The van der Waals surface area contributed by atoms with E-state index in [0.29, 0.717) is 16.8 Å². The van der Waals surface area contributed by atoms with E-state index in [1.54, 1.807) is 26.1 Å². The molecule has 28 heavy (non-hydrogen) atoms. The number of nitriles is 1. The van der Waals surface area contributed by atoms with E-state index >= 15 is 0 Å². The zero-order valence-electron chi connectivity index (χ0n) is 16.2. The van der Waals surface area contributed by atoms with Crippen LogP contribution in [0.15, 0.2) is 35.6 Å². The number of aromatic nitrogens is 3. The Balaban J connectivity index is 2.00. The third kappa shape index (κ3) is 3.88. The highest BCUT2D eigenvalue weighted by Gasteiger charge is 2.22. The van der Waals surface area contributed by atoms with Crippen molar-refractivity contribution in [3.05, 3.63) is 41.9 Å². The summed E-state index contributed by atoms with van der Waals surface area (Å²) in [6, 6.07) is 5.67. The normalized spacial score (nSPS) is 12.5. The highest BCUT2D eigenvalue weighted by molar-refractivity contribution is 7.92. The van der Waals surface area contributed by atoms with Gasteiger partial charge in [0.15, 0.2) is 0 Å². The van der Waals surface area contributed by atoms with Crippen molar-refractivity contribution in [2.24, 2.45) is 0 Å². The first-order chi connectivity index (χ1) is 13.0. The van der Waals surface area contributed by atoms with Crippen molar-refractivity contribution in [2.45, 2.75) is 50.7 Å². The van der Waals surface area contributed by atoms with Crippen molar-refractivity contribution in [2.75, 3.05) is 4.72 Å². The van der Waals surface area contributed by atoms with Gasteiger partial charge >= 0.3 is 0 Å². The molecule has 3 N–H and O–H groups in total.